The Balaban J connectivity index is 2.86. The third-order valence-electron chi connectivity index (χ3n) is 3.19. The molecule has 0 aliphatic heterocycles. The molecule has 20 heavy (non-hydrogen) atoms. The summed E-state index contributed by atoms with van der Waals surface area (Å²) in [4.78, 5) is 11.2. The second kappa shape index (κ2) is 6.85. The lowest BCUT2D eigenvalue weighted by Crippen LogP contribution is -2.25. The highest BCUT2D eigenvalue weighted by Gasteiger charge is 2.20. The van der Waals surface area contributed by atoms with Gasteiger partial charge in [0.2, 0.25) is 0 Å². The first-order chi connectivity index (χ1) is 9.36. The average molecular weight is 276 g/mol. The van der Waals surface area contributed by atoms with Gasteiger partial charge in [0.25, 0.3) is 0 Å². The molecule has 108 valence electrons. The van der Waals surface area contributed by atoms with Crippen LogP contribution in [0.15, 0.2) is 0 Å². The molecule has 6 nitrogen and oxygen atoms in total. The molecular weight excluding hydrogens is 256 g/mol. The molecule has 0 bridgehead atoms. The molecule has 0 aliphatic rings. The Labute approximate surface area is 118 Å². The van der Waals surface area contributed by atoms with Gasteiger partial charge in [0.05, 0.1) is 11.6 Å². The van der Waals surface area contributed by atoms with Crippen molar-refractivity contribution >= 4 is 11.8 Å². The van der Waals surface area contributed by atoms with E-state index in [0.29, 0.717) is 29.4 Å². The molecule has 1 aromatic heterocycles. The van der Waals surface area contributed by atoms with Gasteiger partial charge in [-0.05, 0) is 31.7 Å². The summed E-state index contributed by atoms with van der Waals surface area (Å²) in [5.74, 6) is -0.712. The van der Waals surface area contributed by atoms with Crippen LogP contribution in [0.1, 0.15) is 37.1 Å². The van der Waals surface area contributed by atoms with Gasteiger partial charge in [0.15, 0.2) is 5.82 Å². The van der Waals surface area contributed by atoms with Crippen LogP contribution in [0.25, 0.3) is 0 Å². The first kappa shape index (κ1) is 15.9. The third-order valence-corrected chi connectivity index (χ3v) is 3.19. The summed E-state index contributed by atoms with van der Waals surface area (Å²) in [6.45, 7) is 7.78. The maximum atomic E-state index is 11.2. The number of anilines is 1. The van der Waals surface area contributed by atoms with E-state index in [1.807, 2.05) is 13.8 Å². The molecule has 0 spiro atoms. The van der Waals surface area contributed by atoms with Crippen LogP contribution in [0.2, 0.25) is 0 Å². The summed E-state index contributed by atoms with van der Waals surface area (Å²) in [7, 11) is 0. The minimum Gasteiger partial charge on any atom is -0.481 e. The maximum absolute atomic E-state index is 11.2. The van der Waals surface area contributed by atoms with Crippen molar-refractivity contribution < 1.29 is 9.90 Å². The first-order valence-corrected chi connectivity index (χ1v) is 6.57. The van der Waals surface area contributed by atoms with E-state index in [2.05, 4.69) is 21.6 Å². The van der Waals surface area contributed by atoms with Crippen LogP contribution in [0.5, 0.6) is 0 Å². The highest BCUT2D eigenvalue weighted by Crippen LogP contribution is 2.19. The molecule has 0 saturated carbocycles. The van der Waals surface area contributed by atoms with E-state index in [-0.39, 0.29) is 6.54 Å². The minimum absolute atomic E-state index is 0.235. The Morgan fingerprint density at radius 2 is 2.05 bits per heavy atom. The van der Waals surface area contributed by atoms with Gasteiger partial charge in [-0.3, -0.25) is 4.79 Å². The Morgan fingerprint density at radius 3 is 2.55 bits per heavy atom. The summed E-state index contributed by atoms with van der Waals surface area (Å²) >= 11 is 0. The molecule has 0 aliphatic carbocycles. The van der Waals surface area contributed by atoms with E-state index < -0.39 is 11.9 Å². The van der Waals surface area contributed by atoms with Gasteiger partial charge in [-0.15, -0.1) is 5.10 Å². The molecule has 0 saturated heterocycles. The maximum Gasteiger partial charge on any atom is 0.308 e. The molecule has 0 fully saturated rings. The summed E-state index contributed by atoms with van der Waals surface area (Å²) in [5.41, 5.74) is 1.89. The summed E-state index contributed by atoms with van der Waals surface area (Å²) in [6.07, 6.45) is 0.572. The van der Waals surface area contributed by atoms with Crippen molar-refractivity contribution in [1.29, 1.82) is 5.26 Å². The van der Waals surface area contributed by atoms with Crippen molar-refractivity contribution in [3.05, 3.63) is 16.8 Å². The zero-order valence-corrected chi connectivity index (χ0v) is 12.3. The molecular formula is C14H20N4O2. The summed E-state index contributed by atoms with van der Waals surface area (Å²) < 4.78 is 0. The SMILES string of the molecule is Cc1nnc(NCC(CC(C)C)C(=O)O)c(C#N)c1C. The Hall–Kier alpha value is -2.16. The number of aromatic nitrogens is 2. The molecule has 0 amide bonds. The predicted octanol–water partition coefficient (Wildman–Crippen LogP) is 2.12. The molecule has 1 heterocycles. The quantitative estimate of drug-likeness (QED) is 0.825. The van der Waals surface area contributed by atoms with Gasteiger partial charge < -0.3 is 10.4 Å². The van der Waals surface area contributed by atoms with Gasteiger partial charge in [0.1, 0.15) is 11.6 Å². The van der Waals surface area contributed by atoms with Crippen molar-refractivity contribution in [2.45, 2.75) is 34.1 Å². The number of aliphatic carboxylic acids is 1. The standard InChI is InChI=1S/C14H20N4O2/c1-8(2)5-11(14(19)20)7-16-13-12(6-15)9(3)10(4)17-18-13/h8,11H,5,7H2,1-4H3,(H,16,18)(H,19,20). The van der Waals surface area contributed by atoms with Gasteiger partial charge >= 0.3 is 5.97 Å². The number of rotatable bonds is 6. The zero-order chi connectivity index (χ0) is 15.3. The second-order valence-corrected chi connectivity index (χ2v) is 5.29. The number of carboxylic acids is 1. The Kier molecular flexibility index (Phi) is 5.44. The second-order valence-electron chi connectivity index (χ2n) is 5.29. The number of hydrogen-bond acceptors (Lipinski definition) is 5. The van der Waals surface area contributed by atoms with Crippen molar-refractivity contribution in [3.8, 4) is 6.07 Å². The van der Waals surface area contributed by atoms with E-state index in [1.165, 1.54) is 0 Å². The average Bonchev–Trinajstić information content (AvgIpc) is 2.37. The van der Waals surface area contributed by atoms with Crippen LogP contribution in [-0.2, 0) is 4.79 Å². The lowest BCUT2D eigenvalue weighted by atomic mass is 9.97. The molecule has 2 N–H and O–H groups in total. The molecule has 0 aromatic carbocycles. The molecule has 1 unspecified atom stereocenters. The fourth-order valence-electron chi connectivity index (χ4n) is 1.93. The third kappa shape index (κ3) is 3.92. The van der Waals surface area contributed by atoms with Gasteiger partial charge in [-0.2, -0.15) is 10.4 Å². The van der Waals surface area contributed by atoms with Crippen LogP contribution in [-0.4, -0.2) is 27.8 Å². The largest absolute Gasteiger partial charge is 0.481 e. The number of hydrogen-bond donors (Lipinski definition) is 2. The molecule has 1 rings (SSSR count). The lowest BCUT2D eigenvalue weighted by Gasteiger charge is -2.16. The smallest absolute Gasteiger partial charge is 0.308 e. The number of carbonyl (C=O) groups is 1. The predicted molar refractivity (Wildman–Crippen MR) is 75.3 cm³/mol. The van der Waals surface area contributed by atoms with Crippen LogP contribution in [0.3, 0.4) is 0 Å². The minimum atomic E-state index is -0.846. The summed E-state index contributed by atoms with van der Waals surface area (Å²) in [6, 6.07) is 2.09. The Morgan fingerprint density at radius 1 is 1.40 bits per heavy atom. The van der Waals surface area contributed by atoms with E-state index >= 15 is 0 Å². The van der Waals surface area contributed by atoms with Crippen molar-refractivity contribution in [2.24, 2.45) is 11.8 Å². The molecule has 6 heteroatoms. The molecule has 0 radical (unpaired) electrons. The van der Waals surface area contributed by atoms with E-state index in [9.17, 15) is 9.90 Å². The van der Waals surface area contributed by atoms with Gasteiger partial charge in [-0.25, -0.2) is 0 Å². The van der Waals surface area contributed by atoms with Crippen LogP contribution in [0.4, 0.5) is 5.82 Å². The van der Waals surface area contributed by atoms with E-state index in [1.54, 1.807) is 13.8 Å². The van der Waals surface area contributed by atoms with Crippen molar-refractivity contribution in [2.75, 3.05) is 11.9 Å². The Bertz CT molecular complexity index is 535. The number of aryl methyl sites for hydroxylation is 1. The summed E-state index contributed by atoms with van der Waals surface area (Å²) in [5, 5.41) is 29.2. The number of carboxylic acid groups (broad SMARTS) is 1. The van der Waals surface area contributed by atoms with Gasteiger partial charge in [0, 0.05) is 6.54 Å². The lowest BCUT2D eigenvalue weighted by molar-refractivity contribution is -0.141. The molecule has 1 atom stereocenters. The highest BCUT2D eigenvalue weighted by atomic mass is 16.4. The number of nitrogens with zero attached hydrogens (tertiary/aromatic N) is 3. The fourth-order valence-corrected chi connectivity index (χ4v) is 1.93. The van der Waals surface area contributed by atoms with Crippen LogP contribution >= 0.6 is 0 Å². The topological polar surface area (TPSA) is 98.9 Å². The number of nitriles is 1. The normalized spacial score (nSPS) is 12.0. The van der Waals surface area contributed by atoms with E-state index in [4.69, 9.17) is 5.26 Å². The fraction of sp³-hybridized carbons (Fsp3) is 0.571. The van der Waals surface area contributed by atoms with Crippen molar-refractivity contribution in [3.63, 3.8) is 0 Å². The molecule has 1 aromatic rings. The number of nitrogens with one attached hydrogen (secondary N) is 1. The monoisotopic (exact) mass is 276 g/mol. The van der Waals surface area contributed by atoms with Crippen molar-refractivity contribution in [1.82, 2.24) is 10.2 Å². The zero-order valence-electron chi connectivity index (χ0n) is 12.3. The first-order valence-electron chi connectivity index (χ1n) is 6.57. The van der Waals surface area contributed by atoms with E-state index in [0.717, 1.165) is 5.56 Å². The van der Waals surface area contributed by atoms with Crippen LogP contribution < -0.4 is 5.32 Å². The van der Waals surface area contributed by atoms with Gasteiger partial charge in [-0.1, -0.05) is 13.8 Å². The van der Waals surface area contributed by atoms with Crippen LogP contribution in [0, 0.1) is 37.0 Å². The highest BCUT2D eigenvalue weighted by molar-refractivity contribution is 5.71.